The summed E-state index contributed by atoms with van der Waals surface area (Å²) in [6, 6.07) is 3.19. The van der Waals surface area contributed by atoms with E-state index in [0.29, 0.717) is 0 Å². The number of hydrogen-bond donors (Lipinski definition) is 2. The van der Waals surface area contributed by atoms with Gasteiger partial charge in [0.2, 0.25) is 0 Å². The summed E-state index contributed by atoms with van der Waals surface area (Å²) in [6.45, 7) is 0. The maximum Gasteiger partial charge on any atom is 0.573 e. The Bertz CT molecular complexity index is 326. The van der Waals surface area contributed by atoms with E-state index in [0.717, 1.165) is 12.1 Å². The number of anilines is 1. The lowest BCUT2D eigenvalue weighted by molar-refractivity contribution is -0.275. The van der Waals surface area contributed by atoms with Gasteiger partial charge in [0.05, 0.1) is 5.69 Å². The number of alkyl halides is 3. The van der Waals surface area contributed by atoms with Crippen LogP contribution in [0, 0.1) is 5.82 Å². The lowest BCUT2D eigenvalue weighted by Gasteiger charge is -2.12. The molecule has 3 N–H and O–H groups in total. The molecule has 0 amide bonds. The summed E-state index contributed by atoms with van der Waals surface area (Å²) in [5, 5.41) is 0. The zero-order valence-electron chi connectivity index (χ0n) is 6.73. The van der Waals surface area contributed by atoms with E-state index in [4.69, 9.17) is 5.84 Å². The standard InChI is InChI=1S/C7H6F4N2O/c8-4-2-1-3-5(13-12)6(4)14-7(9,10)11/h1-3,13H,12H2. The van der Waals surface area contributed by atoms with Gasteiger partial charge in [0.15, 0.2) is 11.6 Å². The molecule has 0 heterocycles. The van der Waals surface area contributed by atoms with Crippen molar-refractivity contribution in [3.63, 3.8) is 0 Å². The Labute approximate surface area is 76.4 Å². The number of rotatable bonds is 2. The minimum atomic E-state index is -4.95. The van der Waals surface area contributed by atoms with Crippen LogP contribution in [0.15, 0.2) is 18.2 Å². The fraction of sp³-hybridized carbons (Fsp3) is 0.143. The molecule has 0 aromatic heterocycles. The number of benzene rings is 1. The second-order valence-corrected chi connectivity index (χ2v) is 2.31. The van der Waals surface area contributed by atoms with Crippen LogP contribution in [0.2, 0.25) is 0 Å². The molecule has 0 unspecified atom stereocenters. The first-order chi connectivity index (χ1) is 6.44. The van der Waals surface area contributed by atoms with Gasteiger partial charge in [0.25, 0.3) is 0 Å². The second kappa shape index (κ2) is 3.70. The molecule has 7 heteroatoms. The predicted molar refractivity (Wildman–Crippen MR) is 40.9 cm³/mol. The Morgan fingerprint density at radius 3 is 2.43 bits per heavy atom. The van der Waals surface area contributed by atoms with Crippen LogP contribution in [-0.2, 0) is 0 Å². The number of ether oxygens (including phenoxy) is 1. The molecule has 0 bridgehead atoms. The monoisotopic (exact) mass is 210 g/mol. The van der Waals surface area contributed by atoms with E-state index in [-0.39, 0.29) is 5.69 Å². The number of nitrogen functional groups attached to an aromatic ring is 1. The van der Waals surface area contributed by atoms with Crippen LogP contribution in [0.1, 0.15) is 0 Å². The van der Waals surface area contributed by atoms with Crippen molar-refractivity contribution < 1.29 is 22.3 Å². The third-order valence-corrected chi connectivity index (χ3v) is 1.34. The molecule has 0 saturated heterocycles. The molecular formula is C7H6F4N2O. The zero-order chi connectivity index (χ0) is 10.8. The van der Waals surface area contributed by atoms with Crippen molar-refractivity contribution in [2.45, 2.75) is 6.36 Å². The van der Waals surface area contributed by atoms with E-state index in [9.17, 15) is 17.6 Å². The zero-order valence-corrected chi connectivity index (χ0v) is 6.73. The largest absolute Gasteiger partial charge is 0.573 e. The van der Waals surface area contributed by atoms with E-state index in [2.05, 4.69) is 4.74 Å². The molecule has 14 heavy (non-hydrogen) atoms. The molecule has 3 nitrogen and oxygen atoms in total. The molecule has 0 aliphatic rings. The number of nitrogens with one attached hydrogen (secondary N) is 1. The quantitative estimate of drug-likeness (QED) is 0.446. The highest BCUT2D eigenvalue weighted by atomic mass is 19.4. The highest BCUT2D eigenvalue weighted by Gasteiger charge is 2.33. The van der Waals surface area contributed by atoms with Gasteiger partial charge in [-0.25, -0.2) is 4.39 Å². The van der Waals surface area contributed by atoms with Gasteiger partial charge in [-0.05, 0) is 12.1 Å². The Morgan fingerprint density at radius 2 is 1.93 bits per heavy atom. The molecule has 0 aliphatic heterocycles. The molecule has 0 aliphatic carbocycles. The lowest BCUT2D eigenvalue weighted by atomic mass is 10.3. The van der Waals surface area contributed by atoms with Crippen molar-refractivity contribution >= 4 is 5.69 Å². The topological polar surface area (TPSA) is 47.3 Å². The Hall–Kier alpha value is -1.50. The molecule has 1 aromatic rings. The van der Waals surface area contributed by atoms with Crippen molar-refractivity contribution in [3.8, 4) is 5.75 Å². The van der Waals surface area contributed by atoms with Crippen LogP contribution >= 0.6 is 0 Å². The maximum absolute atomic E-state index is 12.8. The molecule has 0 atom stereocenters. The molecule has 1 rings (SSSR count). The van der Waals surface area contributed by atoms with Crippen LogP contribution in [0.4, 0.5) is 23.2 Å². The summed E-state index contributed by atoms with van der Waals surface area (Å²) in [5.74, 6) is 2.76. The van der Waals surface area contributed by atoms with Crippen molar-refractivity contribution in [3.05, 3.63) is 24.0 Å². The third kappa shape index (κ3) is 2.49. The third-order valence-electron chi connectivity index (χ3n) is 1.34. The molecule has 0 radical (unpaired) electrons. The van der Waals surface area contributed by atoms with Gasteiger partial charge in [-0.2, -0.15) is 0 Å². The SMILES string of the molecule is NNc1cccc(F)c1OC(F)(F)F. The molecule has 0 saturated carbocycles. The van der Waals surface area contributed by atoms with E-state index in [1.165, 1.54) is 6.07 Å². The average Bonchev–Trinajstić information content (AvgIpc) is 2.06. The van der Waals surface area contributed by atoms with Crippen molar-refractivity contribution in [1.82, 2.24) is 0 Å². The number of hydrazine groups is 1. The van der Waals surface area contributed by atoms with Gasteiger partial charge >= 0.3 is 6.36 Å². The lowest BCUT2D eigenvalue weighted by Crippen LogP contribution is -2.20. The first kappa shape index (κ1) is 10.6. The summed E-state index contributed by atoms with van der Waals surface area (Å²) in [6.07, 6.45) is -4.95. The van der Waals surface area contributed by atoms with Crippen molar-refractivity contribution in [1.29, 1.82) is 0 Å². The highest BCUT2D eigenvalue weighted by molar-refractivity contribution is 5.56. The summed E-state index contributed by atoms with van der Waals surface area (Å²) in [4.78, 5) is 0. The van der Waals surface area contributed by atoms with Crippen LogP contribution in [-0.4, -0.2) is 6.36 Å². The van der Waals surface area contributed by atoms with E-state index >= 15 is 0 Å². The summed E-state index contributed by atoms with van der Waals surface area (Å²) < 4.78 is 51.6. The smallest absolute Gasteiger partial charge is 0.400 e. The molecule has 0 spiro atoms. The summed E-state index contributed by atoms with van der Waals surface area (Å²) in [7, 11) is 0. The summed E-state index contributed by atoms with van der Waals surface area (Å²) in [5.41, 5.74) is 1.62. The van der Waals surface area contributed by atoms with Crippen LogP contribution < -0.4 is 16.0 Å². The van der Waals surface area contributed by atoms with Crippen LogP contribution in [0.5, 0.6) is 5.75 Å². The fourth-order valence-electron chi connectivity index (χ4n) is 0.842. The van der Waals surface area contributed by atoms with E-state index in [1.54, 1.807) is 0 Å². The minimum Gasteiger partial charge on any atom is -0.400 e. The second-order valence-electron chi connectivity index (χ2n) is 2.31. The van der Waals surface area contributed by atoms with Crippen LogP contribution in [0.25, 0.3) is 0 Å². The Morgan fingerprint density at radius 1 is 1.29 bits per heavy atom. The first-order valence-electron chi connectivity index (χ1n) is 3.45. The normalized spacial score (nSPS) is 11.2. The number of hydrogen-bond acceptors (Lipinski definition) is 3. The maximum atomic E-state index is 12.8. The minimum absolute atomic E-state index is 0.276. The van der Waals surface area contributed by atoms with Crippen LogP contribution in [0.3, 0.4) is 0 Å². The van der Waals surface area contributed by atoms with Gasteiger partial charge in [-0.1, -0.05) is 6.07 Å². The highest BCUT2D eigenvalue weighted by Crippen LogP contribution is 2.31. The fourth-order valence-corrected chi connectivity index (χ4v) is 0.842. The van der Waals surface area contributed by atoms with Gasteiger partial charge in [-0.15, -0.1) is 13.2 Å². The number of para-hydroxylation sites is 1. The van der Waals surface area contributed by atoms with Gasteiger partial charge < -0.3 is 10.2 Å². The van der Waals surface area contributed by atoms with E-state index in [1.807, 2.05) is 5.43 Å². The van der Waals surface area contributed by atoms with E-state index < -0.39 is 17.9 Å². The molecular weight excluding hydrogens is 204 g/mol. The number of nitrogens with two attached hydrogens (primary N) is 1. The Kier molecular flexibility index (Phi) is 2.80. The molecule has 1 aromatic carbocycles. The number of halogens is 4. The predicted octanol–water partition coefficient (Wildman–Crippen LogP) is 2.01. The van der Waals surface area contributed by atoms with Crippen molar-refractivity contribution in [2.75, 3.05) is 5.43 Å². The average molecular weight is 210 g/mol. The van der Waals surface area contributed by atoms with Gasteiger partial charge in [-0.3, -0.25) is 5.84 Å². The Balaban J connectivity index is 3.05. The van der Waals surface area contributed by atoms with Gasteiger partial charge in [0, 0.05) is 0 Å². The molecule has 78 valence electrons. The van der Waals surface area contributed by atoms with Crippen molar-refractivity contribution in [2.24, 2.45) is 5.84 Å². The first-order valence-corrected chi connectivity index (χ1v) is 3.45. The van der Waals surface area contributed by atoms with Gasteiger partial charge in [0.1, 0.15) is 0 Å². The summed E-state index contributed by atoms with van der Waals surface area (Å²) >= 11 is 0. The molecule has 0 fully saturated rings.